The van der Waals surface area contributed by atoms with Crippen LogP contribution in [0.1, 0.15) is 35.2 Å². The van der Waals surface area contributed by atoms with E-state index in [0.29, 0.717) is 41.9 Å². The zero-order valence-corrected chi connectivity index (χ0v) is 17.5. The van der Waals surface area contributed by atoms with E-state index < -0.39 is 11.4 Å². The quantitative estimate of drug-likeness (QED) is 0.450. The summed E-state index contributed by atoms with van der Waals surface area (Å²) in [5, 5.41) is 5.92. The summed E-state index contributed by atoms with van der Waals surface area (Å²) in [5.74, 6) is -0.569. The number of carbonyl (C=O) groups excluding carboxylic acids is 2. The Bertz CT molecular complexity index is 922. The number of rotatable bonds is 5. The van der Waals surface area contributed by atoms with Gasteiger partial charge in [-0.25, -0.2) is 4.39 Å². The van der Waals surface area contributed by atoms with Crippen molar-refractivity contribution in [3.8, 4) is 0 Å². The van der Waals surface area contributed by atoms with E-state index in [9.17, 15) is 14.0 Å². The standard InChI is InChI=1S/C19H17FN4O2.W/c1-12-8-15(10-22-17(12)21-2)23-18(26)19(6-3-7-19)24-14-5-4-13(11-25)16(20)9-14;/h4-5,8-11,24H,3,6-7H2,1H3,(H,23,26);. The first-order valence-electron chi connectivity index (χ1n) is 8.16. The Morgan fingerprint density at radius 3 is 2.59 bits per heavy atom. The van der Waals surface area contributed by atoms with E-state index in [0.717, 1.165) is 6.42 Å². The Balaban J connectivity index is 0.00000261. The van der Waals surface area contributed by atoms with Crippen LogP contribution in [0, 0.1) is 19.3 Å². The molecule has 3 rings (SSSR count). The summed E-state index contributed by atoms with van der Waals surface area (Å²) in [4.78, 5) is 30.8. The van der Waals surface area contributed by atoms with Crippen molar-refractivity contribution in [1.29, 1.82) is 0 Å². The Morgan fingerprint density at radius 1 is 1.33 bits per heavy atom. The van der Waals surface area contributed by atoms with E-state index in [4.69, 9.17) is 6.57 Å². The second-order valence-electron chi connectivity index (χ2n) is 6.35. The number of benzene rings is 1. The van der Waals surface area contributed by atoms with Crippen LogP contribution in [0.5, 0.6) is 0 Å². The van der Waals surface area contributed by atoms with Crippen molar-refractivity contribution in [3.05, 3.63) is 58.8 Å². The largest absolute Gasteiger partial charge is 0.371 e. The third kappa shape index (κ3) is 4.23. The number of hydrogen-bond donors (Lipinski definition) is 2. The Kier molecular flexibility index (Phi) is 6.45. The maximum atomic E-state index is 13.8. The SMILES string of the molecule is [C-]#[N+]c1ncc(NC(=O)C2(Nc3ccc(C=O)c(F)c3)CCC2)cc1C.[W]. The second kappa shape index (κ2) is 8.41. The molecule has 2 aromatic rings. The molecule has 27 heavy (non-hydrogen) atoms. The van der Waals surface area contributed by atoms with Gasteiger partial charge < -0.3 is 15.5 Å². The van der Waals surface area contributed by atoms with Gasteiger partial charge in [-0.2, -0.15) is 0 Å². The fraction of sp³-hybridized carbons (Fsp3) is 0.263. The first-order valence-corrected chi connectivity index (χ1v) is 8.16. The van der Waals surface area contributed by atoms with Crippen molar-refractivity contribution in [2.75, 3.05) is 10.6 Å². The van der Waals surface area contributed by atoms with Gasteiger partial charge in [0.2, 0.25) is 5.91 Å². The molecule has 138 valence electrons. The minimum atomic E-state index is -0.832. The number of nitrogens with one attached hydrogen (secondary N) is 2. The van der Waals surface area contributed by atoms with Crippen LogP contribution in [-0.2, 0) is 25.9 Å². The molecule has 0 atom stereocenters. The number of hydrogen-bond acceptors (Lipinski definition) is 4. The molecule has 0 spiro atoms. The van der Waals surface area contributed by atoms with Gasteiger partial charge in [0, 0.05) is 26.8 Å². The topological polar surface area (TPSA) is 75.5 Å². The van der Waals surface area contributed by atoms with Gasteiger partial charge >= 0.3 is 0 Å². The van der Waals surface area contributed by atoms with E-state index >= 15 is 0 Å². The van der Waals surface area contributed by atoms with Crippen molar-refractivity contribution in [2.24, 2.45) is 0 Å². The van der Waals surface area contributed by atoms with Crippen LogP contribution >= 0.6 is 0 Å². The van der Waals surface area contributed by atoms with E-state index in [2.05, 4.69) is 20.5 Å². The van der Waals surface area contributed by atoms with Crippen LogP contribution in [0.2, 0.25) is 0 Å². The number of halogens is 1. The number of pyridine rings is 1. The van der Waals surface area contributed by atoms with Crippen LogP contribution in [0.25, 0.3) is 4.85 Å². The third-order valence-electron chi connectivity index (χ3n) is 4.57. The fourth-order valence-electron chi connectivity index (χ4n) is 2.92. The zero-order chi connectivity index (χ0) is 18.7. The summed E-state index contributed by atoms with van der Waals surface area (Å²) in [6.45, 7) is 8.77. The summed E-state index contributed by atoms with van der Waals surface area (Å²) in [5.41, 5.74) is 0.779. The smallest absolute Gasteiger partial charge is 0.272 e. The molecule has 1 heterocycles. The molecule has 8 heteroatoms. The number of carbonyl (C=O) groups is 2. The molecule has 0 bridgehead atoms. The summed E-state index contributed by atoms with van der Waals surface area (Å²) in [6.07, 6.45) is 4.00. The number of aryl methyl sites for hydroxylation is 1. The molecule has 1 aromatic carbocycles. The number of anilines is 2. The molecule has 1 aromatic heterocycles. The van der Waals surface area contributed by atoms with Gasteiger partial charge in [-0.3, -0.25) is 9.59 Å². The van der Waals surface area contributed by atoms with Crippen molar-refractivity contribution in [2.45, 2.75) is 31.7 Å². The average molecular weight is 536 g/mol. The normalized spacial score (nSPS) is 14.1. The number of amides is 1. The molecule has 0 saturated heterocycles. The minimum absolute atomic E-state index is 0. The summed E-state index contributed by atoms with van der Waals surface area (Å²) in [7, 11) is 0. The molecule has 1 aliphatic carbocycles. The Morgan fingerprint density at radius 2 is 2.07 bits per heavy atom. The van der Waals surface area contributed by atoms with E-state index in [1.807, 2.05) is 0 Å². The molecule has 1 amide bonds. The van der Waals surface area contributed by atoms with E-state index in [1.54, 1.807) is 19.1 Å². The molecule has 1 saturated carbocycles. The maximum absolute atomic E-state index is 13.8. The number of aldehydes is 1. The Labute approximate surface area is 170 Å². The first kappa shape index (κ1) is 20.7. The number of aromatic nitrogens is 1. The van der Waals surface area contributed by atoms with E-state index in [1.165, 1.54) is 18.3 Å². The van der Waals surface area contributed by atoms with Gasteiger partial charge in [-0.05, 0) is 56.0 Å². The number of nitrogens with zero attached hydrogens (tertiary/aromatic N) is 2. The van der Waals surface area contributed by atoms with Crippen LogP contribution in [0.3, 0.4) is 0 Å². The van der Waals surface area contributed by atoms with Crippen LogP contribution in [0.15, 0.2) is 30.5 Å². The van der Waals surface area contributed by atoms with Gasteiger partial charge in [-0.15, -0.1) is 4.98 Å². The molecule has 6 nitrogen and oxygen atoms in total. The maximum Gasteiger partial charge on any atom is 0.272 e. The minimum Gasteiger partial charge on any atom is -0.371 e. The summed E-state index contributed by atoms with van der Waals surface area (Å²) >= 11 is 0. The van der Waals surface area contributed by atoms with E-state index in [-0.39, 0.29) is 32.5 Å². The molecule has 0 unspecified atom stereocenters. The van der Waals surface area contributed by atoms with Crippen LogP contribution in [-0.4, -0.2) is 22.7 Å². The molecule has 0 aliphatic heterocycles. The van der Waals surface area contributed by atoms with Crippen molar-refractivity contribution >= 4 is 29.4 Å². The molecule has 0 radical (unpaired) electrons. The summed E-state index contributed by atoms with van der Waals surface area (Å²) < 4.78 is 13.8. The second-order valence-corrected chi connectivity index (χ2v) is 6.35. The molecular weight excluding hydrogens is 519 g/mol. The zero-order valence-electron chi connectivity index (χ0n) is 14.6. The predicted molar refractivity (Wildman–Crippen MR) is 95.9 cm³/mol. The first-order chi connectivity index (χ1) is 12.5. The molecule has 2 N–H and O–H groups in total. The monoisotopic (exact) mass is 536 g/mol. The van der Waals surface area contributed by atoms with Gasteiger partial charge in [0.1, 0.15) is 17.6 Å². The van der Waals surface area contributed by atoms with Gasteiger partial charge in [0.25, 0.3) is 5.82 Å². The van der Waals surface area contributed by atoms with Crippen LogP contribution < -0.4 is 10.6 Å². The van der Waals surface area contributed by atoms with Crippen molar-refractivity contribution in [3.63, 3.8) is 0 Å². The Hall–Kier alpha value is -2.58. The van der Waals surface area contributed by atoms with Gasteiger partial charge in [0.05, 0.1) is 11.3 Å². The third-order valence-corrected chi connectivity index (χ3v) is 4.57. The van der Waals surface area contributed by atoms with Crippen molar-refractivity contribution < 1.29 is 35.0 Å². The van der Waals surface area contributed by atoms with Gasteiger partial charge in [-0.1, -0.05) is 6.57 Å². The summed E-state index contributed by atoms with van der Waals surface area (Å²) in [6, 6.07) is 5.87. The average Bonchev–Trinajstić information content (AvgIpc) is 2.58. The van der Waals surface area contributed by atoms with Crippen LogP contribution in [0.4, 0.5) is 21.6 Å². The van der Waals surface area contributed by atoms with Crippen molar-refractivity contribution in [1.82, 2.24) is 4.98 Å². The fourth-order valence-corrected chi connectivity index (χ4v) is 2.92. The molecular formula is C19H17FN4O2W. The van der Waals surface area contributed by atoms with Gasteiger partial charge in [0.15, 0.2) is 6.29 Å². The molecule has 1 aliphatic rings. The molecule has 1 fully saturated rings. The predicted octanol–water partition coefficient (Wildman–Crippen LogP) is 3.86.